The molecule has 1 amide bonds. The van der Waals surface area contributed by atoms with Gasteiger partial charge in [0.25, 0.3) is 5.91 Å². The number of halogens is 3. The van der Waals surface area contributed by atoms with Crippen molar-refractivity contribution in [2.45, 2.75) is 19.1 Å². The van der Waals surface area contributed by atoms with E-state index in [0.717, 1.165) is 17.7 Å². The Labute approximate surface area is 135 Å². The summed E-state index contributed by atoms with van der Waals surface area (Å²) in [5.41, 5.74) is 0.772. The predicted molar refractivity (Wildman–Crippen MR) is 82.4 cm³/mol. The topological polar surface area (TPSA) is 62.7 Å². The summed E-state index contributed by atoms with van der Waals surface area (Å²) in [5, 5.41) is 7.16. The standard InChI is InChI=1S/C16H15F3N4O/c1-9(11-7-20-23(2)8-11)21-15(24)14-6-10-5-12(16(17,18)19)3-4-13(10)22-14/h3-9,22H,1-2H3,(H,21,24). The largest absolute Gasteiger partial charge is 0.416 e. The zero-order valence-electron chi connectivity index (χ0n) is 13.0. The van der Waals surface area contributed by atoms with Crippen molar-refractivity contribution in [3.63, 3.8) is 0 Å². The monoisotopic (exact) mass is 336 g/mol. The van der Waals surface area contributed by atoms with Gasteiger partial charge in [-0.15, -0.1) is 0 Å². The number of fused-ring (bicyclic) bond motifs is 1. The molecule has 24 heavy (non-hydrogen) atoms. The van der Waals surface area contributed by atoms with Crippen LogP contribution in [0.5, 0.6) is 0 Å². The van der Waals surface area contributed by atoms with E-state index in [4.69, 9.17) is 0 Å². The van der Waals surface area contributed by atoms with Gasteiger partial charge in [-0.3, -0.25) is 9.48 Å². The van der Waals surface area contributed by atoms with Crippen molar-refractivity contribution >= 4 is 16.8 Å². The van der Waals surface area contributed by atoms with Gasteiger partial charge in [-0.2, -0.15) is 18.3 Å². The van der Waals surface area contributed by atoms with Gasteiger partial charge < -0.3 is 10.3 Å². The van der Waals surface area contributed by atoms with Gasteiger partial charge in [0.2, 0.25) is 0 Å². The molecule has 0 aliphatic carbocycles. The first-order chi connectivity index (χ1) is 11.2. The molecule has 5 nitrogen and oxygen atoms in total. The zero-order valence-corrected chi connectivity index (χ0v) is 13.0. The van der Waals surface area contributed by atoms with Gasteiger partial charge in [0, 0.05) is 29.7 Å². The molecule has 0 spiro atoms. The van der Waals surface area contributed by atoms with Gasteiger partial charge in [-0.25, -0.2) is 0 Å². The summed E-state index contributed by atoms with van der Waals surface area (Å²) in [7, 11) is 1.77. The number of H-pyrrole nitrogens is 1. The Hall–Kier alpha value is -2.77. The van der Waals surface area contributed by atoms with Crippen molar-refractivity contribution in [1.82, 2.24) is 20.1 Å². The van der Waals surface area contributed by atoms with Crippen molar-refractivity contribution in [2.75, 3.05) is 0 Å². The number of hydrogen-bond acceptors (Lipinski definition) is 2. The van der Waals surface area contributed by atoms with Crippen LogP contribution in [0.15, 0.2) is 36.7 Å². The van der Waals surface area contributed by atoms with Crippen LogP contribution < -0.4 is 5.32 Å². The Kier molecular flexibility index (Phi) is 3.82. The maximum atomic E-state index is 12.7. The lowest BCUT2D eigenvalue weighted by Crippen LogP contribution is -2.26. The first-order valence-electron chi connectivity index (χ1n) is 7.23. The fraction of sp³-hybridized carbons (Fsp3) is 0.250. The Morgan fingerprint density at radius 2 is 2.08 bits per heavy atom. The SMILES string of the molecule is CC(NC(=O)c1cc2cc(C(F)(F)F)ccc2[nH]1)c1cnn(C)c1. The van der Waals surface area contributed by atoms with Crippen molar-refractivity contribution in [1.29, 1.82) is 0 Å². The molecule has 3 aromatic rings. The van der Waals surface area contributed by atoms with Crippen molar-refractivity contribution in [3.05, 3.63) is 53.5 Å². The molecular formula is C16H15F3N4O. The first kappa shape index (κ1) is 16.1. The average molecular weight is 336 g/mol. The second-order valence-corrected chi connectivity index (χ2v) is 5.63. The molecule has 2 heterocycles. The van der Waals surface area contributed by atoms with Gasteiger partial charge in [0.1, 0.15) is 5.69 Å². The van der Waals surface area contributed by atoms with Crippen LogP contribution in [0, 0.1) is 0 Å². The number of carbonyl (C=O) groups is 1. The summed E-state index contributed by atoms with van der Waals surface area (Å²) in [4.78, 5) is 15.1. The average Bonchev–Trinajstić information content (AvgIpc) is 3.11. The van der Waals surface area contributed by atoms with Crippen LogP contribution in [-0.2, 0) is 13.2 Å². The zero-order chi connectivity index (χ0) is 17.5. The summed E-state index contributed by atoms with van der Waals surface area (Å²) in [6.45, 7) is 1.80. The molecule has 126 valence electrons. The smallest absolute Gasteiger partial charge is 0.351 e. The first-order valence-corrected chi connectivity index (χ1v) is 7.23. The normalized spacial score (nSPS) is 13.2. The Morgan fingerprint density at radius 1 is 1.33 bits per heavy atom. The summed E-state index contributed by atoms with van der Waals surface area (Å²) in [6, 6.07) is 4.46. The maximum Gasteiger partial charge on any atom is 0.416 e. The van der Waals surface area contributed by atoms with E-state index in [1.807, 2.05) is 0 Å². The van der Waals surface area contributed by atoms with E-state index in [0.29, 0.717) is 10.9 Å². The van der Waals surface area contributed by atoms with Crippen molar-refractivity contribution in [3.8, 4) is 0 Å². The van der Waals surface area contributed by atoms with E-state index in [-0.39, 0.29) is 11.7 Å². The molecule has 0 radical (unpaired) electrons. The van der Waals surface area contributed by atoms with E-state index in [1.54, 1.807) is 31.0 Å². The van der Waals surface area contributed by atoms with Crippen LogP contribution in [0.4, 0.5) is 13.2 Å². The third-order valence-electron chi connectivity index (χ3n) is 3.77. The van der Waals surface area contributed by atoms with E-state index in [1.165, 1.54) is 12.1 Å². The molecule has 3 rings (SSSR count). The van der Waals surface area contributed by atoms with Gasteiger partial charge in [-0.05, 0) is 31.2 Å². The number of amides is 1. The third kappa shape index (κ3) is 3.12. The minimum absolute atomic E-state index is 0.208. The van der Waals surface area contributed by atoms with Crippen LogP contribution in [0.1, 0.15) is 34.6 Å². The van der Waals surface area contributed by atoms with E-state index in [2.05, 4.69) is 15.4 Å². The van der Waals surface area contributed by atoms with Crippen LogP contribution >= 0.6 is 0 Å². The highest BCUT2D eigenvalue weighted by Gasteiger charge is 2.30. The molecule has 2 aromatic heterocycles. The highest BCUT2D eigenvalue weighted by Crippen LogP contribution is 2.31. The number of hydrogen-bond donors (Lipinski definition) is 2. The summed E-state index contributed by atoms with van der Waals surface area (Å²) in [5.74, 6) is -0.392. The second-order valence-electron chi connectivity index (χ2n) is 5.63. The number of nitrogens with zero attached hydrogens (tertiary/aromatic N) is 2. The fourth-order valence-corrected chi connectivity index (χ4v) is 2.45. The van der Waals surface area contributed by atoms with E-state index >= 15 is 0 Å². The lowest BCUT2D eigenvalue weighted by atomic mass is 10.1. The molecular weight excluding hydrogens is 321 g/mol. The minimum atomic E-state index is -4.41. The highest BCUT2D eigenvalue weighted by atomic mass is 19.4. The van der Waals surface area contributed by atoms with Crippen molar-refractivity contribution < 1.29 is 18.0 Å². The van der Waals surface area contributed by atoms with Crippen LogP contribution in [-0.4, -0.2) is 20.7 Å². The molecule has 0 saturated heterocycles. The molecule has 0 fully saturated rings. The molecule has 1 atom stereocenters. The fourth-order valence-electron chi connectivity index (χ4n) is 2.45. The molecule has 0 bridgehead atoms. The molecule has 0 aliphatic heterocycles. The maximum absolute atomic E-state index is 12.7. The van der Waals surface area contributed by atoms with Gasteiger partial charge in [0.15, 0.2) is 0 Å². The highest BCUT2D eigenvalue weighted by molar-refractivity contribution is 5.98. The third-order valence-corrected chi connectivity index (χ3v) is 3.77. The predicted octanol–water partition coefficient (Wildman–Crippen LogP) is 3.41. The quantitative estimate of drug-likeness (QED) is 0.770. The number of benzene rings is 1. The Balaban J connectivity index is 1.82. The van der Waals surface area contributed by atoms with Gasteiger partial charge >= 0.3 is 6.18 Å². The van der Waals surface area contributed by atoms with Crippen LogP contribution in [0.2, 0.25) is 0 Å². The molecule has 1 aromatic carbocycles. The van der Waals surface area contributed by atoms with Crippen molar-refractivity contribution in [2.24, 2.45) is 7.05 Å². The van der Waals surface area contributed by atoms with E-state index in [9.17, 15) is 18.0 Å². The number of carbonyl (C=O) groups excluding carboxylic acids is 1. The second kappa shape index (κ2) is 5.70. The number of alkyl halides is 3. The number of nitrogens with one attached hydrogen (secondary N) is 2. The molecule has 0 aliphatic rings. The summed E-state index contributed by atoms with van der Waals surface area (Å²) < 4.78 is 39.9. The van der Waals surface area contributed by atoms with Crippen LogP contribution in [0.25, 0.3) is 10.9 Å². The number of aryl methyl sites for hydroxylation is 1. The van der Waals surface area contributed by atoms with E-state index < -0.39 is 17.6 Å². The number of aromatic amines is 1. The Morgan fingerprint density at radius 3 is 2.71 bits per heavy atom. The Bertz CT molecular complexity index is 894. The molecule has 2 N–H and O–H groups in total. The lowest BCUT2D eigenvalue weighted by molar-refractivity contribution is -0.137. The molecule has 8 heteroatoms. The summed E-state index contributed by atoms with van der Waals surface area (Å²) >= 11 is 0. The number of rotatable bonds is 3. The molecule has 0 saturated carbocycles. The number of aromatic nitrogens is 3. The minimum Gasteiger partial charge on any atom is -0.351 e. The van der Waals surface area contributed by atoms with Crippen LogP contribution in [0.3, 0.4) is 0 Å². The lowest BCUT2D eigenvalue weighted by Gasteiger charge is -2.10. The summed E-state index contributed by atoms with van der Waals surface area (Å²) in [6.07, 6.45) is -0.986. The van der Waals surface area contributed by atoms with Gasteiger partial charge in [0.05, 0.1) is 17.8 Å². The molecule has 1 unspecified atom stereocenters. The van der Waals surface area contributed by atoms with Gasteiger partial charge in [-0.1, -0.05) is 0 Å².